The number of esters is 2. The zero-order valence-corrected chi connectivity index (χ0v) is 45.9. The number of methoxy groups -OCH3 is 2. The van der Waals surface area contributed by atoms with Gasteiger partial charge in [-0.1, -0.05) is 172 Å². The molecule has 6 unspecified atom stereocenters. The van der Waals surface area contributed by atoms with E-state index in [4.69, 9.17) is 56.8 Å². The van der Waals surface area contributed by atoms with Crippen molar-refractivity contribution in [3.05, 3.63) is 179 Å². The van der Waals surface area contributed by atoms with Gasteiger partial charge in [-0.05, 0) is 40.7 Å². The number of hydrogen-bond acceptors (Lipinski definition) is 16. The van der Waals surface area contributed by atoms with Crippen molar-refractivity contribution in [3.63, 3.8) is 0 Å². The first-order chi connectivity index (χ1) is 38.0. The van der Waals surface area contributed by atoms with Gasteiger partial charge in [0.15, 0.2) is 31.1 Å². The molecule has 78 heavy (non-hydrogen) atoms. The number of alkyl carbamates (subject to hydrolysis) is 1. The van der Waals surface area contributed by atoms with Crippen LogP contribution in [-0.4, -0.2) is 118 Å². The molecule has 0 aliphatic carbocycles. The largest absolute Gasteiger partial charge is 0.467 e. The van der Waals surface area contributed by atoms with Gasteiger partial charge in [-0.2, -0.15) is 11.8 Å². The van der Waals surface area contributed by atoms with Crippen LogP contribution in [0.25, 0.3) is 0 Å². The molecule has 0 bridgehead atoms. The minimum Gasteiger partial charge on any atom is -0.467 e. The van der Waals surface area contributed by atoms with Gasteiger partial charge >= 0.3 is 18.0 Å². The Kier molecular flexibility index (Phi) is 22.1. The molecule has 0 radical (unpaired) electrons. The Bertz CT molecular complexity index is 2570. The Balaban J connectivity index is 1.10. The lowest BCUT2D eigenvalue weighted by Gasteiger charge is -2.50. The average Bonchev–Trinajstić information content (AvgIpc) is 3.64. The molecule has 5 aromatic rings. The molecule has 8 rings (SSSR count). The first-order valence-electron chi connectivity index (χ1n) is 26.6. The van der Waals surface area contributed by atoms with Gasteiger partial charge in [-0.15, -0.1) is 0 Å². The van der Waals surface area contributed by atoms with Crippen LogP contribution in [0.2, 0.25) is 0 Å². The summed E-state index contributed by atoms with van der Waals surface area (Å²) in [6.45, 7) is 8.35. The van der Waals surface area contributed by atoms with Crippen LogP contribution in [0.15, 0.2) is 152 Å². The second-order valence-corrected chi connectivity index (χ2v) is 20.9. The molecule has 3 heterocycles. The predicted molar refractivity (Wildman–Crippen MR) is 290 cm³/mol. The molecule has 0 spiro atoms. The Morgan fingerprint density at radius 1 is 0.462 bits per heavy atom. The highest BCUT2D eigenvalue weighted by atomic mass is 32.2. The standard InChI is InChI=1S/C61H73NO15S/c1-39-40(2)58(73-42(4)48(39)62-61(65)72-37-46-28-18-10-19-29-46)74-49-41(3)50(69-34-43-22-12-7-13-23-43)60(77-53(49)56(63)66-5)75-52-51(70-35-44-24-14-8-15-25-44)54(57(64)67-6)76-59(55(52)71-36-45-26-16-9-17-27-45)68-32-33-78-38-47-30-20-11-21-31-47/h7-31,39-42,48-55,58-60H,32-38H2,1-6H3,(H,62,65)/t39-,40?,41+,42?,48-,49-,50?,51-,52+,53?,54?,55?,58-,59+,60+/m1/s1. The number of hydrogen-bond donors (Lipinski definition) is 1. The van der Waals surface area contributed by atoms with Crippen LogP contribution in [0.5, 0.6) is 0 Å². The molecule has 0 saturated carbocycles. The number of carbonyl (C=O) groups excluding carboxylic acids is 3. The summed E-state index contributed by atoms with van der Waals surface area (Å²) in [6, 6.07) is 47.9. The average molecular weight is 1090 g/mol. The van der Waals surface area contributed by atoms with Gasteiger partial charge in [0, 0.05) is 23.3 Å². The molecule has 1 N–H and O–H groups in total. The van der Waals surface area contributed by atoms with Crippen molar-refractivity contribution in [2.24, 2.45) is 17.8 Å². The van der Waals surface area contributed by atoms with Gasteiger partial charge in [0.25, 0.3) is 0 Å². The lowest BCUT2D eigenvalue weighted by Crippen LogP contribution is -2.66. The molecule has 3 fully saturated rings. The summed E-state index contributed by atoms with van der Waals surface area (Å²) in [7, 11) is 2.55. The minimum atomic E-state index is -1.38. The van der Waals surface area contributed by atoms with Gasteiger partial charge in [0.2, 0.25) is 0 Å². The fraction of sp³-hybridized carbons (Fsp3) is 0.459. The first kappa shape index (κ1) is 58.4. The number of thioether (sulfide) groups is 1. The van der Waals surface area contributed by atoms with E-state index in [-0.39, 0.29) is 44.9 Å². The number of benzene rings is 5. The maximum absolute atomic E-state index is 14.2. The Morgan fingerprint density at radius 2 is 0.910 bits per heavy atom. The summed E-state index contributed by atoms with van der Waals surface area (Å²) in [4.78, 5) is 41.4. The van der Waals surface area contributed by atoms with Crippen molar-refractivity contribution >= 4 is 29.8 Å². The smallest absolute Gasteiger partial charge is 0.407 e. The third-order valence-electron chi connectivity index (χ3n) is 14.5. The summed E-state index contributed by atoms with van der Waals surface area (Å²) in [5, 5.41) is 3.01. The van der Waals surface area contributed by atoms with Crippen molar-refractivity contribution in [1.82, 2.24) is 5.32 Å². The van der Waals surface area contributed by atoms with Crippen molar-refractivity contribution in [2.45, 2.75) is 134 Å². The molecule has 0 aromatic heterocycles. The fourth-order valence-corrected chi connectivity index (χ4v) is 10.7. The molecule has 15 atom stereocenters. The third-order valence-corrected chi connectivity index (χ3v) is 15.5. The number of amides is 1. The van der Waals surface area contributed by atoms with Crippen LogP contribution in [0.4, 0.5) is 4.79 Å². The highest BCUT2D eigenvalue weighted by molar-refractivity contribution is 7.98. The summed E-state index contributed by atoms with van der Waals surface area (Å²) in [5.41, 5.74) is 4.58. The normalized spacial score (nSPS) is 29.0. The maximum Gasteiger partial charge on any atom is 0.407 e. The Labute approximate surface area is 461 Å². The van der Waals surface area contributed by atoms with Crippen molar-refractivity contribution in [1.29, 1.82) is 0 Å². The van der Waals surface area contributed by atoms with E-state index in [2.05, 4.69) is 17.4 Å². The zero-order valence-electron chi connectivity index (χ0n) is 45.1. The lowest BCUT2D eigenvalue weighted by molar-refractivity contribution is -0.371. The molecule has 3 aliphatic rings. The lowest BCUT2D eigenvalue weighted by atomic mass is 9.82. The molecular weight excluding hydrogens is 1020 g/mol. The summed E-state index contributed by atoms with van der Waals surface area (Å²) in [5.74, 6) is -1.24. The van der Waals surface area contributed by atoms with Gasteiger partial charge in [0.05, 0.1) is 52.8 Å². The number of rotatable bonds is 24. The maximum atomic E-state index is 14.2. The van der Waals surface area contributed by atoms with Crippen LogP contribution >= 0.6 is 11.8 Å². The van der Waals surface area contributed by atoms with Gasteiger partial charge in [-0.25, -0.2) is 14.4 Å². The number of ether oxygens (including phenoxy) is 12. The fourth-order valence-electron chi connectivity index (χ4n) is 9.94. The SMILES string of the molecule is COC(=O)C1O[C@H](O[C@@H]2C(OCc3ccccc3)[C@@H](OCCSCc3ccccc3)OC(C(=O)OC)[C@@H]2OCc2ccccc2)C(OCc2ccccc2)[C@@H](C)[C@H]1O[C@H]1OC(C)[C@H](NC(=O)OCc2ccccc2)[C@H](C)C1C. The molecule has 3 saturated heterocycles. The van der Waals surface area contributed by atoms with Crippen molar-refractivity contribution in [3.8, 4) is 0 Å². The van der Waals surface area contributed by atoms with E-state index in [1.165, 1.54) is 19.8 Å². The number of carbonyl (C=O) groups is 3. The predicted octanol–water partition coefficient (Wildman–Crippen LogP) is 9.21. The van der Waals surface area contributed by atoms with E-state index in [9.17, 15) is 14.4 Å². The van der Waals surface area contributed by atoms with E-state index < -0.39 is 97.7 Å². The molecular formula is C61H73NO15S. The first-order valence-corrected chi connectivity index (χ1v) is 27.8. The van der Waals surface area contributed by atoms with Gasteiger partial charge in [-0.3, -0.25) is 0 Å². The topological polar surface area (TPSA) is 174 Å². The third kappa shape index (κ3) is 15.8. The summed E-state index contributed by atoms with van der Waals surface area (Å²) in [6.07, 6.45) is -12.7. The van der Waals surface area contributed by atoms with E-state index in [0.29, 0.717) is 5.75 Å². The molecule has 17 heteroatoms. The van der Waals surface area contributed by atoms with E-state index >= 15 is 0 Å². The number of nitrogens with one attached hydrogen (secondary N) is 1. The van der Waals surface area contributed by atoms with Crippen LogP contribution in [0, 0.1) is 17.8 Å². The Morgan fingerprint density at radius 3 is 1.44 bits per heavy atom. The molecule has 418 valence electrons. The van der Waals surface area contributed by atoms with Crippen LogP contribution in [0.3, 0.4) is 0 Å². The molecule has 3 aliphatic heterocycles. The quantitative estimate of drug-likeness (QED) is 0.0352. The van der Waals surface area contributed by atoms with Crippen molar-refractivity contribution < 1.29 is 71.2 Å². The van der Waals surface area contributed by atoms with E-state index in [0.717, 1.165) is 28.0 Å². The van der Waals surface area contributed by atoms with Crippen LogP contribution < -0.4 is 5.32 Å². The molecule has 16 nitrogen and oxygen atoms in total. The van der Waals surface area contributed by atoms with E-state index in [1.54, 1.807) is 11.8 Å². The second kappa shape index (κ2) is 29.5. The molecule has 5 aromatic carbocycles. The van der Waals surface area contributed by atoms with Crippen LogP contribution in [-0.2, 0) is 98.6 Å². The van der Waals surface area contributed by atoms with Gasteiger partial charge < -0.3 is 62.2 Å². The highest BCUT2D eigenvalue weighted by Gasteiger charge is 2.57. The second-order valence-electron chi connectivity index (χ2n) is 19.8. The minimum absolute atomic E-state index is 0.0491. The molecule has 1 amide bonds. The highest BCUT2D eigenvalue weighted by Crippen LogP contribution is 2.40. The van der Waals surface area contributed by atoms with Crippen LogP contribution in [0.1, 0.15) is 55.5 Å². The summed E-state index contributed by atoms with van der Waals surface area (Å²) < 4.78 is 77.6. The zero-order chi connectivity index (χ0) is 54.8. The Hall–Kier alpha value is -5.70. The van der Waals surface area contributed by atoms with Gasteiger partial charge in [0.1, 0.15) is 37.1 Å². The van der Waals surface area contributed by atoms with Crippen molar-refractivity contribution in [2.75, 3.05) is 26.6 Å². The van der Waals surface area contributed by atoms with E-state index in [1.807, 2.05) is 167 Å². The summed E-state index contributed by atoms with van der Waals surface area (Å²) >= 11 is 1.69. The monoisotopic (exact) mass is 1090 g/mol.